The summed E-state index contributed by atoms with van der Waals surface area (Å²) in [4.78, 5) is 54.6. The van der Waals surface area contributed by atoms with Gasteiger partial charge in [-0.1, -0.05) is 41.4 Å². The Labute approximate surface area is 255 Å². The summed E-state index contributed by atoms with van der Waals surface area (Å²) in [6.07, 6.45) is 1.62. The van der Waals surface area contributed by atoms with E-state index in [2.05, 4.69) is 20.9 Å². The first-order valence-corrected chi connectivity index (χ1v) is 14.6. The van der Waals surface area contributed by atoms with Crippen molar-refractivity contribution >= 4 is 52.5 Å². The molecule has 224 valence electrons. The quantitative estimate of drug-likeness (QED) is 0.263. The second-order valence-corrected chi connectivity index (χ2v) is 11.4. The lowest BCUT2D eigenvalue weighted by atomic mass is 10.0. The predicted molar refractivity (Wildman–Crippen MR) is 166 cm³/mol. The number of aliphatic carboxylic acids is 1. The van der Waals surface area contributed by atoms with Crippen LogP contribution in [0.3, 0.4) is 0 Å². The molecule has 3 aromatic carbocycles. The van der Waals surface area contributed by atoms with E-state index >= 15 is 0 Å². The van der Waals surface area contributed by atoms with Crippen LogP contribution < -0.4 is 20.9 Å². The number of carboxylic acid groups (broad SMARTS) is 1. The Morgan fingerprint density at radius 3 is 2.21 bits per heavy atom. The van der Waals surface area contributed by atoms with Crippen molar-refractivity contribution in [1.29, 1.82) is 0 Å². The fourth-order valence-corrected chi connectivity index (χ4v) is 5.22. The molecule has 0 spiro atoms. The molecule has 5 rings (SSSR count). The van der Waals surface area contributed by atoms with Gasteiger partial charge in [-0.2, -0.15) is 0 Å². The maximum Gasteiger partial charge on any atom is 0.323 e. The molecule has 0 aromatic heterocycles. The summed E-state index contributed by atoms with van der Waals surface area (Å²) >= 11 is 5.96. The summed E-state index contributed by atoms with van der Waals surface area (Å²) in [5, 5.41) is 18.5. The highest BCUT2D eigenvalue weighted by Crippen LogP contribution is 2.33. The van der Waals surface area contributed by atoms with Gasteiger partial charge in [0.15, 0.2) is 0 Å². The number of nitrogens with zero attached hydrogens (tertiary/aromatic N) is 2. The molecule has 4 amide bonds. The lowest BCUT2D eigenvalue weighted by Gasteiger charge is -2.37. The largest absolute Gasteiger partial charge is 0.481 e. The van der Waals surface area contributed by atoms with E-state index in [-0.39, 0.29) is 23.8 Å². The minimum atomic E-state index is -1.04. The number of nitrogens with one attached hydrogen (secondary N) is 3. The molecule has 1 heterocycles. The van der Waals surface area contributed by atoms with Crippen LogP contribution in [0.15, 0.2) is 66.7 Å². The summed E-state index contributed by atoms with van der Waals surface area (Å²) in [6.45, 7) is 4.22. The van der Waals surface area contributed by atoms with Crippen LogP contribution in [0, 0.1) is 12.8 Å². The third-order valence-corrected chi connectivity index (χ3v) is 7.88. The van der Waals surface area contributed by atoms with Gasteiger partial charge in [0, 0.05) is 48.4 Å². The van der Waals surface area contributed by atoms with Crippen molar-refractivity contribution in [2.45, 2.75) is 32.2 Å². The number of anilines is 3. The van der Waals surface area contributed by atoms with Crippen molar-refractivity contribution in [1.82, 2.24) is 10.2 Å². The van der Waals surface area contributed by atoms with Crippen LogP contribution in [0.1, 0.15) is 46.8 Å². The van der Waals surface area contributed by atoms with E-state index < -0.39 is 23.9 Å². The second kappa shape index (κ2) is 13.2. The highest BCUT2D eigenvalue weighted by Gasteiger charge is 2.35. The lowest BCUT2D eigenvalue weighted by Crippen LogP contribution is -2.49. The normalized spacial score (nSPS) is 15.4. The SMILES string of the molecule is Cc1ccc(C(CC(=O)O)NC(=O)c2ccc(N3CCN(C(=O)C4CC4)CC3)c(NC(=O)Nc3ccc(Cl)cc3)c2)cc1. The first-order valence-electron chi connectivity index (χ1n) is 14.3. The zero-order valence-electron chi connectivity index (χ0n) is 23.8. The molecule has 2 aliphatic rings. The Morgan fingerprint density at radius 2 is 1.58 bits per heavy atom. The van der Waals surface area contributed by atoms with Crippen molar-refractivity contribution in [3.63, 3.8) is 0 Å². The number of urea groups is 1. The number of hydrogen-bond donors (Lipinski definition) is 4. The zero-order chi connectivity index (χ0) is 30.5. The van der Waals surface area contributed by atoms with Crippen molar-refractivity contribution in [2.75, 3.05) is 41.7 Å². The molecule has 11 heteroatoms. The van der Waals surface area contributed by atoms with Gasteiger partial charge in [0.05, 0.1) is 23.8 Å². The third kappa shape index (κ3) is 7.84. The first-order chi connectivity index (χ1) is 20.7. The van der Waals surface area contributed by atoms with E-state index in [4.69, 9.17) is 11.6 Å². The fourth-order valence-electron chi connectivity index (χ4n) is 5.09. The number of rotatable bonds is 9. The van der Waals surface area contributed by atoms with E-state index in [0.29, 0.717) is 53.8 Å². The fraction of sp³-hybridized carbons (Fsp3) is 0.312. The van der Waals surface area contributed by atoms with Gasteiger partial charge >= 0.3 is 12.0 Å². The molecule has 10 nitrogen and oxygen atoms in total. The number of piperazine rings is 1. The first kappa shape index (κ1) is 29.9. The molecule has 2 fully saturated rings. The average Bonchev–Trinajstić information content (AvgIpc) is 3.84. The number of benzene rings is 3. The lowest BCUT2D eigenvalue weighted by molar-refractivity contribution is -0.137. The average molecular weight is 604 g/mol. The molecule has 1 atom stereocenters. The van der Waals surface area contributed by atoms with Crippen LogP contribution in [0.5, 0.6) is 0 Å². The van der Waals surface area contributed by atoms with Crippen LogP contribution in [0.2, 0.25) is 5.02 Å². The monoisotopic (exact) mass is 603 g/mol. The molecule has 43 heavy (non-hydrogen) atoms. The van der Waals surface area contributed by atoms with Gasteiger partial charge in [-0.05, 0) is 67.8 Å². The van der Waals surface area contributed by atoms with E-state index in [9.17, 15) is 24.3 Å². The Hall–Kier alpha value is -4.57. The summed E-state index contributed by atoms with van der Waals surface area (Å²) in [6, 6.07) is 17.8. The maximum atomic E-state index is 13.4. The van der Waals surface area contributed by atoms with Crippen LogP contribution in [0.4, 0.5) is 21.9 Å². The van der Waals surface area contributed by atoms with E-state index in [0.717, 1.165) is 18.4 Å². The van der Waals surface area contributed by atoms with E-state index in [1.165, 1.54) is 0 Å². The molecule has 1 unspecified atom stereocenters. The highest BCUT2D eigenvalue weighted by molar-refractivity contribution is 6.30. The second-order valence-electron chi connectivity index (χ2n) is 10.9. The van der Waals surface area contributed by atoms with Gasteiger partial charge in [-0.3, -0.25) is 14.4 Å². The molecule has 4 N–H and O–H groups in total. The summed E-state index contributed by atoms with van der Waals surface area (Å²) < 4.78 is 0. The van der Waals surface area contributed by atoms with Gasteiger partial charge in [0.25, 0.3) is 5.91 Å². The predicted octanol–water partition coefficient (Wildman–Crippen LogP) is 5.30. The number of carbonyl (C=O) groups excluding carboxylic acids is 3. The molecular weight excluding hydrogens is 570 g/mol. The third-order valence-electron chi connectivity index (χ3n) is 7.63. The van der Waals surface area contributed by atoms with Crippen LogP contribution in [0.25, 0.3) is 0 Å². The van der Waals surface area contributed by atoms with Crippen molar-refractivity contribution < 1.29 is 24.3 Å². The minimum Gasteiger partial charge on any atom is -0.481 e. The summed E-state index contributed by atoms with van der Waals surface area (Å²) in [5.41, 5.74) is 3.62. The van der Waals surface area contributed by atoms with Gasteiger partial charge in [0.1, 0.15) is 0 Å². The van der Waals surface area contributed by atoms with Crippen LogP contribution >= 0.6 is 11.6 Å². The molecule has 3 aromatic rings. The van der Waals surface area contributed by atoms with Crippen molar-refractivity contribution in [3.05, 3.63) is 88.4 Å². The number of halogens is 1. The Morgan fingerprint density at radius 1 is 0.907 bits per heavy atom. The van der Waals surface area contributed by atoms with Crippen LogP contribution in [-0.4, -0.2) is 60.0 Å². The smallest absolute Gasteiger partial charge is 0.323 e. The maximum absolute atomic E-state index is 13.4. The van der Waals surface area contributed by atoms with Crippen molar-refractivity contribution in [3.8, 4) is 0 Å². The van der Waals surface area contributed by atoms with Gasteiger partial charge in [-0.15, -0.1) is 0 Å². The zero-order valence-corrected chi connectivity index (χ0v) is 24.6. The standard InChI is InChI=1S/C32H34ClN5O5/c1-20-2-4-21(5-3-20)26(19-29(39)40)35-30(41)23-8-13-28(37-14-16-38(17-15-37)31(42)22-6-7-22)27(18-23)36-32(43)34-25-11-9-24(33)10-12-25/h2-5,8-13,18,22,26H,6-7,14-17,19H2,1H3,(H,35,41)(H,39,40)(H2,34,36,43). The molecule has 1 saturated heterocycles. The van der Waals surface area contributed by atoms with E-state index in [1.807, 2.05) is 24.0 Å². The Bertz CT molecular complexity index is 1500. The Balaban J connectivity index is 1.36. The molecule has 0 bridgehead atoms. The topological polar surface area (TPSA) is 131 Å². The number of aryl methyl sites for hydroxylation is 1. The van der Waals surface area contributed by atoms with Crippen molar-refractivity contribution in [2.24, 2.45) is 5.92 Å². The number of carbonyl (C=O) groups is 4. The van der Waals surface area contributed by atoms with E-state index in [1.54, 1.807) is 54.6 Å². The van der Waals surface area contributed by atoms with Crippen LogP contribution in [-0.2, 0) is 9.59 Å². The van der Waals surface area contributed by atoms with Gasteiger partial charge in [0.2, 0.25) is 5.91 Å². The van der Waals surface area contributed by atoms with Gasteiger partial charge in [-0.25, -0.2) is 4.79 Å². The molecule has 0 radical (unpaired) electrons. The Kier molecular flexibility index (Phi) is 9.16. The highest BCUT2D eigenvalue weighted by atomic mass is 35.5. The molecular formula is C32H34ClN5O5. The summed E-state index contributed by atoms with van der Waals surface area (Å²) in [7, 11) is 0. The molecule has 1 aliphatic carbocycles. The minimum absolute atomic E-state index is 0.156. The molecule has 1 aliphatic heterocycles. The number of amides is 4. The number of carboxylic acids is 1. The van der Waals surface area contributed by atoms with Gasteiger partial charge < -0.3 is 30.9 Å². The summed E-state index contributed by atoms with van der Waals surface area (Å²) in [5.74, 6) is -1.15. The number of hydrogen-bond acceptors (Lipinski definition) is 5. The molecule has 1 saturated carbocycles.